The van der Waals surface area contributed by atoms with Crippen molar-refractivity contribution in [3.05, 3.63) is 65.7 Å². The van der Waals surface area contributed by atoms with E-state index in [-0.39, 0.29) is 12.1 Å². The van der Waals surface area contributed by atoms with Gasteiger partial charge in [-0.3, -0.25) is 9.69 Å². The molecule has 0 bridgehead atoms. The van der Waals surface area contributed by atoms with Crippen LogP contribution in [0.3, 0.4) is 0 Å². The van der Waals surface area contributed by atoms with Crippen molar-refractivity contribution in [1.29, 1.82) is 0 Å². The third kappa shape index (κ3) is 4.76. The van der Waals surface area contributed by atoms with Gasteiger partial charge in [-0.2, -0.15) is 0 Å². The normalized spacial score (nSPS) is 18.5. The van der Waals surface area contributed by atoms with Crippen LogP contribution in [-0.2, 0) is 16.0 Å². The van der Waals surface area contributed by atoms with Gasteiger partial charge in [0.05, 0.1) is 13.2 Å². The molecule has 1 heterocycles. The monoisotopic (exact) mass is 366 g/mol. The van der Waals surface area contributed by atoms with Crippen LogP contribution in [0, 0.1) is 0 Å². The number of hydrogen-bond donors (Lipinski definition) is 0. The Morgan fingerprint density at radius 1 is 1.15 bits per heavy atom. The molecule has 1 aliphatic rings. The summed E-state index contributed by atoms with van der Waals surface area (Å²) >= 11 is 0. The second kappa shape index (κ2) is 9.16. The molecule has 2 unspecified atom stereocenters. The van der Waals surface area contributed by atoms with Gasteiger partial charge in [0, 0.05) is 24.6 Å². The lowest BCUT2D eigenvalue weighted by Crippen LogP contribution is -2.49. The maximum atomic E-state index is 12.9. The number of ether oxygens (including phenoxy) is 1. The van der Waals surface area contributed by atoms with Gasteiger partial charge < -0.3 is 9.64 Å². The first-order valence-electron chi connectivity index (χ1n) is 9.78. The highest BCUT2D eigenvalue weighted by atomic mass is 16.5. The number of ketones is 1. The summed E-state index contributed by atoms with van der Waals surface area (Å²) in [6, 6.07) is 18.7. The summed E-state index contributed by atoms with van der Waals surface area (Å²) in [6.45, 7) is 4.31. The largest absolute Gasteiger partial charge is 0.365 e. The smallest absolute Gasteiger partial charge is 0.140 e. The number of para-hydroxylation sites is 1. The number of benzene rings is 2. The Labute approximate surface area is 162 Å². The van der Waals surface area contributed by atoms with Gasteiger partial charge in [0.1, 0.15) is 12.0 Å². The SMILES string of the molecule is CCC(=O)C(Cc1ccccc1)c1ccccc1N1CCOC(N(C)C)C1. The number of rotatable bonds is 7. The second-order valence-electron chi connectivity index (χ2n) is 7.36. The molecule has 27 heavy (non-hydrogen) atoms. The Morgan fingerprint density at radius 2 is 1.85 bits per heavy atom. The third-order valence-corrected chi connectivity index (χ3v) is 5.30. The number of carbonyl (C=O) groups is 1. The number of carbonyl (C=O) groups excluding carboxylic acids is 1. The van der Waals surface area contributed by atoms with Crippen molar-refractivity contribution in [2.75, 3.05) is 38.7 Å². The topological polar surface area (TPSA) is 32.8 Å². The predicted octanol–water partition coefficient (Wildman–Crippen LogP) is 3.72. The van der Waals surface area contributed by atoms with Crippen LogP contribution < -0.4 is 4.90 Å². The quantitative estimate of drug-likeness (QED) is 0.748. The molecule has 1 saturated heterocycles. The summed E-state index contributed by atoms with van der Waals surface area (Å²) in [5.41, 5.74) is 3.50. The minimum absolute atomic E-state index is 0.0706. The molecule has 2 aromatic rings. The van der Waals surface area contributed by atoms with Crippen molar-refractivity contribution in [3.8, 4) is 0 Å². The van der Waals surface area contributed by atoms with Crippen molar-refractivity contribution < 1.29 is 9.53 Å². The van der Waals surface area contributed by atoms with E-state index in [0.717, 1.165) is 30.8 Å². The van der Waals surface area contributed by atoms with Gasteiger partial charge in [-0.25, -0.2) is 0 Å². The fraction of sp³-hybridized carbons (Fsp3) is 0.435. The van der Waals surface area contributed by atoms with Gasteiger partial charge in [-0.05, 0) is 37.7 Å². The maximum Gasteiger partial charge on any atom is 0.140 e. The van der Waals surface area contributed by atoms with Crippen LogP contribution >= 0.6 is 0 Å². The lowest BCUT2D eigenvalue weighted by atomic mass is 9.86. The van der Waals surface area contributed by atoms with E-state index >= 15 is 0 Å². The summed E-state index contributed by atoms with van der Waals surface area (Å²) < 4.78 is 5.87. The fourth-order valence-corrected chi connectivity index (χ4v) is 3.73. The Balaban J connectivity index is 1.92. The van der Waals surface area contributed by atoms with E-state index in [2.05, 4.69) is 40.1 Å². The molecule has 0 radical (unpaired) electrons. The minimum Gasteiger partial charge on any atom is -0.365 e. The molecule has 4 nitrogen and oxygen atoms in total. The minimum atomic E-state index is -0.116. The fourth-order valence-electron chi connectivity index (χ4n) is 3.73. The highest BCUT2D eigenvalue weighted by Crippen LogP contribution is 2.32. The van der Waals surface area contributed by atoms with E-state index in [1.807, 2.05) is 45.3 Å². The lowest BCUT2D eigenvalue weighted by Gasteiger charge is -2.38. The van der Waals surface area contributed by atoms with E-state index < -0.39 is 0 Å². The van der Waals surface area contributed by atoms with Crippen LogP contribution in [0.15, 0.2) is 54.6 Å². The molecule has 0 N–H and O–H groups in total. The van der Waals surface area contributed by atoms with Gasteiger partial charge >= 0.3 is 0 Å². The average Bonchev–Trinajstić information content (AvgIpc) is 2.72. The highest BCUT2D eigenvalue weighted by molar-refractivity contribution is 5.87. The first kappa shape index (κ1) is 19.6. The average molecular weight is 367 g/mol. The Hall–Kier alpha value is -2.17. The highest BCUT2D eigenvalue weighted by Gasteiger charge is 2.28. The molecule has 0 amide bonds. The molecule has 2 atom stereocenters. The number of Topliss-reactive ketones (excluding diaryl/α,β-unsaturated/α-hetero) is 1. The van der Waals surface area contributed by atoms with Crippen LogP contribution in [-0.4, -0.2) is 50.7 Å². The van der Waals surface area contributed by atoms with Crippen LogP contribution in [0.5, 0.6) is 0 Å². The van der Waals surface area contributed by atoms with Gasteiger partial charge in [-0.1, -0.05) is 55.5 Å². The second-order valence-corrected chi connectivity index (χ2v) is 7.36. The molecule has 3 rings (SSSR count). The van der Waals surface area contributed by atoms with E-state index in [1.54, 1.807) is 0 Å². The Kier molecular flexibility index (Phi) is 6.64. The molecule has 4 heteroatoms. The predicted molar refractivity (Wildman–Crippen MR) is 110 cm³/mol. The first-order chi connectivity index (χ1) is 13.1. The van der Waals surface area contributed by atoms with Crippen LogP contribution in [0.2, 0.25) is 0 Å². The molecular weight excluding hydrogens is 336 g/mol. The van der Waals surface area contributed by atoms with Crippen LogP contribution in [0.1, 0.15) is 30.4 Å². The molecule has 0 aliphatic carbocycles. The molecule has 0 saturated carbocycles. The zero-order chi connectivity index (χ0) is 19.2. The number of likely N-dealkylation sites (N-methyl/N-ethyl adjacent to an activating group) is 1. The molecule has 0 aromatic heterocycles. The molecule has 0 spiro atoms. The van der Waals surface area contributed by atoms with Crippen molar-refractivity contribution in [1.82, 2.24) is 4.90 Å². The van der Waals surface area contributed by atoms with Gasteiger partial charge in [0.2, 0.25) is 0 Å². The number of anilines is 1. The maximum absolute atomic E-state index is 12.9. The lowest BCUT2D eigenvalue weighted by molar-refractivity contribution is -0.120. The van der Waals surface area contributed by atoms with E-state index in [4.69, 9.17) is 4.74 Å². The van der Waals surface area contributed by atoms with Crippen molar-refractivity contribution >= 4 is 11.5 Å². The molecular formula is C23H30N2O2. The van der Waals surface area contributed by atoms with Crippen molar-refractivity contribution in [3.63, 3.8) is 0 Å². The zero-order valence-corrected chi connectivity index (χ0v) is 16.6. The first-order valence-corrected chi connectivity index (χ1v) is 9.78. The molecule has 144 valence electrons. The molecule has 1 fully saturated rings. The molecule has 1 aliphatic heterocycles. The standard InChI is InChI=1S/C23H30N2O2/c1-4-22(26)20(16-18-10-6-5-7-11-18)19-12-8-9-13-21(19)25-14-15-27-23(17-25)24(2)3/h5-13,20,23H,4,14-17H2,1-3H3. The summed E-state index contributed by atoms with van der Waals surface area (Å²) in [7, 11) is 4.08. The van der Waals surface area contributed by atoms with E-state index in [9.17, 15) is 4.79 Å². The Bertz CT molecular complexity index is 745. The zero-order valence-electron chi connectivity index (χ0n) is 16.6. The molecule has 2 aromatic carbocycles. The number of morpholine rings is 1. The number of hydrogen-bond acceptors (Lipinski definition) is 4. The van der Waals surface area contributed by atoms with Gasteiger partial charge in [0.25, 0.3) is 0 Å². The van der Waals surface area contributed by atoms with E-state index in [0.29, 0.717) is 18.8 Å². The summed E-state index contributed by atoms with van der Waals surface area (Å²) in [4.78, 5) is 17.3. The summed E-state index contributed by atoms with van der Waals surface area (Å²) in [5, 5.41) is 0. The van der Waals surface area contributed by atoms with Crippen molar-refractivity contribution in [2.24, 2.45) is 0 Å². The Morgan fingerprint density at radius 3 is 2.56 bits per heavy atom. The van der Waals surface area contributed by atoms with Crippen LogP contribution in [0.25, 0.3) is 0 Å². The van der Waals surface area contributed by atoms with E-state index in [1.165, 1.54) is 5.56 Å². The van der Waals surface area contributed by atoms with Crippen molar-refractivity contribution in [2.45, 2.75) is 31.9 Å². The summed E-state index contributed by atoms with van der Waals surface area (Å²) in [5.74, 6) is 0.179. The summed E-state index contributed by atoms with van der Waals surface area (Å²) in [6.07, 6.45) is 1.36. The van der Waals surface area contributed by atoms with Crippen LogP contribution in [0.4, 0.5) is 5.69 Å². The van der Waals surface area contributed by atoms with Gasteiger partial charge in [-0.15, -0.1) is 0 Å². The third-order valence-electron chi connectivity index (χ3n) is 5.30. The van der Waals surface area contributed by atoms with Gasteiger partial charge in [0.15, 0.2) is 0 Å². The number of nitrogens with zero attached hydrogens (tertiary/aromatic N) is 2.